The summed E-state index contributed by atoms with van der Waals surface area (Å²) in [6.45, 7) is 5.91. The number of rotatable bonds is 4. The summed E-state index contributed by atoms with van der Waals surface area (Å²) in [5.74, 6) is 0. The zero-order valence-electron chi connectivity index (χ0n) is 12.8. The maximum Gasteiger partial charge on any atom is 0.0375 e. The van der Waals surface area contributed by atoms with Gasteiger partial charge in [0.05, 0.1) is 0 Å². The van der Waals surface area contributed by atoms with E-state index in [0.29, 0.717) is 0 Å². The van der Waals surface area contributed by atoms with Crippen LogP contribution in [0.1, 0.15) is 56.6 Å². The summed E-state index contributed by atoms with van der Waals surface area (Å²) in [5.41, 5.74) is 4.54. The van der Waals surface area contributed by atoms with Gasteiger partial charge in [0.15, 0.2) is 0 Å². The first-order valence-corrected chi connectivity index (χ1v) is 8.47. The van der Waals surface area contributed by atoms with Crippen LogP contribution in [0.5, 0.6) is 0 Å². The van der Waals surface area contributed by atoms with Crippen LogP contribution in [0.15, 0.2) is 18.2 Å². The molecular weight excluding hydrogens is 244 g/mol. The van der Waals surface area contributed by atoms with Crippen LogP contribution in [0, 0.1) is 0 Å². The molecular formula is C18H28N2. The van der Waals surface area contributed by atoms with Gasteiger partial charge in [-0.2, -0.15) is 0 Å². The molecule has 2 nitrogen and oxygen atoms in total. The predicted octanol–water partition coefficient (Wildman–Crippen LogP) is 4.20. The molecule has 1 saturated heterocycles. The van der Waals surface area contributed by atoms with E-state index >= 15 is 0 Å². The summed E-state index contributed by atoms with van der Waals surface area (Å²) in [7, 11) is 0. The van der Waals surface area contributed by atoms with Crippen LogP contribution in [0.2, 0.25) is 0 Å². The van der Waals surface area contributed by atoms with Gasteiger partial charge in [0.1, 0.15) is 0 Å². The van der Waals surface area contributed by atoms with Crippen molar-refractivity contribution in [3.05, 3.63) is 29.3 Å². The van der Waals surface area contributed by atoms with Crippen LogP contribution in [-0.2, 0) is 13.0 Å². The molecule has 1 aromatic rings. The van der Waals surface area contributed by atoms with Gasteiger partial charge < -0.3 is 5.32 Å². The van der Waals surface area contributed by atoms with E-state index in [1.807, 2.05) is 0 Å². The van der Waals surface area contributed by atoms with Crippen LogP contribution in [-0.4, -0.2) is 24.0 Å². The maximum absolute atomic E-state index is 3.56. The van der Waals surface area contributed by atoms with Crippen LogP contribution in [0.4, 0.5) is 5.69 Å². The highest BCUT2D eigenvalue weighted by atomic mass is 15.2. The molecule has 1 aromatic carbocycles. The molecule has 2 aliphatic rings. The lowest BCUT2D eigenvalue weighted by molar-refractivity contribution is 0.131. The highest BCUT2D eigenvalue weighted by molar-refractivity contribution is 5.56. The second kappa shape index (κ2) is 6.62. The van der Waals surface area contributed by atoms with Gasteiger partial charge in [-0.25, -0.2) is 0 Å². The zero-order valence-corrected chi connectivity index (χ0v) is 12.8. The highest BCUT2D eigenvalue weighted by Gasteiger charge is 2.23. The van der Waals surface area contributed by atoms with E-state index < -0.39 is 0 Å². The Morgan fingerprint density at radius 3 is 3.10 bits per heavy atom. The summed E-state index contributed by atoms with van der Waals surface area (Å²) >= 11 is 0. The fraction of sp³-hybridized carbons (Fsp3) is 0.667. The fourth-order valence-electron chi connectivity index (χ4n) is 3.88. The van der Waals surface area contributed by atoms with Crippen molar-refractivity contribution < 1.29 is 0 Å². The van der Waals surface area contributed by atoms with E-state index in [1.54, 1.807) is 11.1 Å². The van der Waals surface area contributed by atoms with E-state index in [-0.39, 0.29) is 0 Å². The number of nitrogens with zero attached hydrogens (tertiary/aromatic N) is 1. The van der Waals surface area contributed by atoms with Gasteiger partial charge in [-0.15, -0.1) is 0 Å². The second-order valence-corrected chi connectivity index (χ2v) is 6.38. The molecule has 1 N–H and O–H groups in total. The number of nitrogens with one attached hydrogen (secondary N) is 1. The van der Waals surface area contributed by atoms with E-state index in [9.17, 15) is 0 Å². The third-order valence-corrected chi connectivity index (χ3v) is 4.94. The van der Waals surface area contributed by atoms with Gasteiger partial charge in [-0.1, -0.05) is 31.9 Å². The number of hydrogen-bond acceptors (Lipinski definition) is 2. The molecule has 2 heteroatoms. The van der Waals surface area contributed by atoms with Gasteiger partial charge in [-0.3, -0.25) is 4.90 Å². The second-order valence-electron chi connectivity index (χ2n) is 6.38. The Morgan fingerprint density at radius 2 is 2.20 bits per heavy atom. The minimum absolute atomic E-state index is 0.821. The number of anilines is 1. The lowest BCUT2D eigenvalue weighted by Gasteiger charge is -2.36. The molecule has 1 fully saturated rings. The average molecular weight is 272 g/mol. The van der Waals surface area contributed by atoms with Crippen molar-refractivity contribution in [2.45, 2.75) is 64.5 Å². The Hall–Kier alpha value is -1.02. The molecule has 0 saturated carbocycles. The maximum atomic E-state index is 3.56. The summed E-state index contributed by atoms with van der Waals surface area (Å²) in [6.07, 6.45) is 9.43. The number of piperidine rings is 1. The predicted molar refractivity (Wildman–Crippen MR) is 86.2 cm³/mol. The number of likely N-dealkylation sites (tertiary alicyclic amines) is 1. The average Bonchev–Trinajstić information content (AvgIpc) is 2.50. The summed E-state index contributed by atoms with van der Waals surface area (Å²) in [6, 6.07) is 7.65. The smallest absolute Gasteiger partial charge is 0.0375 e. The summed E-state index contributed by atoms with van der Waals surface area (Å²) in [5, 5.41) is 3.56. The number of hydrogen-bond donors (Lipinski definition) is 1. The van der Waals surface area contributed by atoms with Gasteiger partial charge >= 0.3 is 0 Å². The molecule has 2 heterocycles. The van der Waals surface area contributed by atoms with Crippen molar-refractivity contribution in [1.82, 2.24) is 4.90 Å². The quantitative estimate of drug-likeness (QED) is 0.883. The SMILES string of the molecule is CCCC1CCCCN1Cc1cccc2c1CCCN2. The molecule has 0 aromatic heterocycles. The Kier molecular flexibility index (Phi) is 4.62. The van der Waals surface area contributed by atoms with E-state index in [4.69, 9.17) is 0 Å². The molecule has 1 atom stereocenters. The first-order valence-electron chi connectivity index (χ1n) is 8.47. The molecule has 0 bridgehead atoms. The van der Waals surface area contributed by atoms with Crippen molar-refractivity contribution in [3.8, 4) is 0 Å². The molecule has 0 spiro atoms. The minimum Gasteiger partial charge on any atom is -0.385 e. The third kappa shape index (κ3) is 3.01. The third-order valence-electron chi connectivity index (χ3n) is 4.94. The van der Waals surface area contributed by atoms with Crippen LogP contribution >= 0.6 is 0 Å². The number of fused-ring (bicyclic) bond motifs is 1. The Balaban J connectivity index is 1.76. The molecule has 2 aliphatic heterocycles. The van der Waals surface area contributed by atoms with Gasteiger partial charge in [0.2, 0.25) is 0 Å². The summed E-state index contributed by atoms with van der Waals surface area (Å²) < 4.78 is 0. The molecule has 110 valence electrons. The normalized spacial score (nSPS) is 23.1. The first kappa shape index (κ1) is 13.9. The van der Waals surface area contributed by atoms with Gasteiger partial charge in [-0.05, 0) is 55.8 Å². The lowest BCUT2D eigenvalue weighted by atomic mass is 9.94. The lowest BCUT2D eigenvalue weighted by Crippen LogP contribution is -2.39. The monoisotopic (exact) mass is 272 g/mol. The molecule has 20 heavy (non-hydrogen) atoms. The minimum atomic E-state index is 0.821. The standard InChI is InChI=1S/C18H28N2/c1-2-7-16-9-3-4-13-20(16)14-15-8-5-11-18-17(15)10-6-12-19-18/h5,8,11,16,19H,2-4,6-7,9-10,12-14H2,1H3. The first-order chi connectivity index (χ1) is 9.88. The van der Waals surface area contributed by atoms with Crippen molar-refractivity contribution in [1.29, 1.82) is 0 Å². The number of benzene rings is 1. The van der Waals surface area contributed by atoms with Crippen LogP contribution < -0.4 is 5.32 Å². The molecule has 1 unspecified atom stereocenters. The molecule has 3 rings (SSSR count). The van der Waals surface area contributed by atoms with E-state index in [1.165, 1.54) is 57.2 Å². The Morgan fingerprint density at radius 1 is 1.25 bits per heavy atom. The highest BCUT2D eigenvalue weighted by Crippen LogP contribution is 2.29. The van der Waals surface area contributed by atoms with Crippen molar-refractivity contribution in [3.63, 3.8) is 0 Å². The topological polar surface area (TPSA) is 15.3 Å². The van der Waals surface area contributed by atoms with Crippen molar-refractivity contribution in [2.24, 2.45) is 0 Å². The van der Waals surface area contributed by atoms with Crippen molar-refractivity contribution in [2.75, 3.05) is 18.4 Å². The van der Waals surface area contributed by atoms with Gasteiger partial charge in [0.25, 0.3) is 0 Å². The van der Waals surface area contributed by atoms with Crippen molar-refractivity contribution >= 4 is 5.69 Å². The molecule has 0 aliphatic carbocycles. The zero-order chi connectivity index (χ0) is 13.8. The van der Waals surface area contributed by atoms with Crippen LogP contribution in [0.3, 0.4) is 0 Å². The molecule has 0 radical (unpaired) electrons. The van der Waals surface area contributed by atoms with E-state index in [2.05, 4.69) is 35.3 Å². The van der Waals surface area contributed by atoms with Gasteiger partial charge in [0, 0.05) is 24.8 Å². The largest absolute Gasteiger partial charge is 0.385 e. The Bertz CT molecular complexity index is 439. The fourth-order valence-corrected chi connectivity index (χ4v) is 3.88. The molecule has 0 amide bonds. The van der Waals surface area contributed by atoms with E-state index in [0.717, 1.165) is 19.1 Å². The van der Waals surface area contributed by atoms with Crippen LogP contribution in [0.25, 0.3) is 0 Å². The Labute approximate surface area is 123 Å². The summed E-state index contributed by atoms with van der Waals surface area (Å²) in [4.78, 5) is 2.75.